The summed E-state index contributed by atoms with van der Waals surface area (Å²) < 4.78 is 1.33. The molecule has 2 nitrogen and oxygen atoms in total. The molecule has 4 rings (SSSR count). The van der Waals surface area contributed by atoms with Crippen LogP contribution in [0.2, 0.25) is 0 Å². The van der Waals surface area contributed by atoms with E-state index in [-0.39, 0.29) is 0 Å². The third-order valence-electron chi connectivity index (χ3n) is 7.05. The number of quaternary nitrogens is 1. The van der Waals surface area contributed by atoms with Gasteiger partial charge in [-0.25, -0.2) is 0 Å². The van der Waals surface area contributed by atoms with Gasteiger partial charge in [0.15, 0.2) is 0 Å². The van der Waals surface area contributed by atoms with E-state index in [4.69, 9.17) is 0 Å². The molecule has 0 amide bonds. The highest BCUT2D eigenvalue weighted by Gasteiger charge is 2.31. The number of hydrogen-bond donors (Lipinski definition) is 0. The van der Waals surface area contributed by atoms with Crippen molar-refractivity contribution in [3.05, 3.63) is 71.3 Å². The zero-order valence-electron chi connectivity index (χ0n) is 17.5. The van der Waals surface area contributed by atoms with Crippen molar-refractivity contribution in [2.75, 3.05) is 45.8 Å². The van der Waals surface area contributed by atoms with Crippen LogP contribution in [0.1, 0.15) is 42.4 Å². The molecule has 0 aromatic heterocycles. The normalized spacial score (nSPS) is 19.3. The van der Waals surface area contributed by atoms with Crippen LogP contribution < -0.4 is 0 Å². The maximum atomic E-state index is 2.61. The van der Waals surface area contributed by atoms with Crippen LogP contribution in [0.4, 0.5) is 0 Å². The molecule has 0 N–H and O–H groups in total. The number of benzene rings is 2. The minimum absolute atomic E-state index is 1.21. The lowest BCUT2D eigenvalue weighted by molar-refractivity contribution is -0.916. The fourth-order valence-electron chi connectivity index (χ4n) is 5.11. The predicted molar refractivity (Wildman–Crippen MR) is 119 cm³/mol. The van der Waals surface area contributed by atoms with E-state index < -0.39 is 0 Å². The Morgan fingerprint density at radius 2 is 1.14 bits per heavy atom. The summed E-state index contributed by atoms with van der Waals surface area (Å²) in [7, 11) is 0. The average molecular weight is 378 g/mol. The standard InChI is InChI=1S/C26H37N2/c1-2-8-24(9-3-1)15-22-28(20-6-7-21-28)23-16-26-12-10-25(11-13-26)14-19-27-17-4-5-18-27/h1-3,8-13H,4-7,14-23H2/q+1. The number of rotatable bonds is 9. The van der Waals surface area contributed by atoms with E-state index in [0.717, 1.165) is 0 Å². The molecule has 0 radical (unpaired) electrons. The summed E-state index contributed by atoms with van der Waals surface area (Å²) in [5, 5.41) is 0. The van der Waals surface area contributed by atoms with Gasteiger partial charge in [-0.2, -0.15) is 0 Å². The largest absolute Gasteiger partial charge is 0.323 e. The Kier molecular flexibility index (Phi) is 6.82. The Morgan fingerprint density at radius 3 is 1.75 bits per heavy atom. The van der Waals surface area contributed by atoms with Gasteiger partial charge in [0.2, 0.25) is 0 Å². The van der Waals surface area contributed by atoms with Gasteiger partial charge in [0, 0.05) is 32.2 Å². The molecule has 2 fully saturated rings. The van der Waals surface area contributed by atoms with E-state index in [0.29, 0.717) is 0 Å². The number of hydrogen-bond acceptors (Lipinski definition) is 1. The summed E-state index contributed by atoms with van der Waals surface area (Å²) >= 11 is 0. The Bertz CT molecular complexity index is 695. The van der Waals surface area contributed by atoms with E-state index in [1.54, 1.807) is 0 Å². The summed E-state index contributed by atoms with van der Waals surface area (Å²) in [4.78, 5) is 2.61. The molecule has 0 bridgehead atoms. The monoisotopic (exact) mass is 377 g/mol. The van der Waals surface area contributed by atoms with Gasteiger partial charge in [0.1, 0.15) is 0 Å². The maximum Gasteiger partial charge on any atom is 0.0827 e. The van der Waals surface area contributed by atoms with Gasteiger partial charge >= 0.3 is 0 Å². The minimum Gasteiger partial charge on any atom is -0.323 e. The quantitative estimate of drug-likeness (QED) is 0.572. The molecule has 0 unspecified atom stereocenters. The molecule has 2 aliphatic heterocycles. The van der Waals surface area contributed by atoms with Crippen molar-refractivity contribution in [3.8, 4) is 0 Å². The molecule has 0 atom stereocenters. The van der Waals surface area contributed by atoms with Crippen LogP contribution in [0.25, 0.3) is 0 Å². The highest BCUT2D eigenvalue weighted by atomic mass is 15.4. The van der Waals surface area contributed by atoms with Crippen LogP contribution in [-0.4, -0.2) is 55.2 Å². The smallest absolute Gasteiger partial charge is 0.0827 e. The van der Waals surface area contributed by atoms with Gasteiger partial charge in [0.25, 0.3) is 0 Å². The Morgan fingerprint density at radius 1 is 0.607 bits per heavy atom. The van der Waals surface area contributed by atoms with Crippen LogP contribution >= 0.6 is 0 Å². The molecular formula is C26H37N2+. The third-order valence-corrected chi connectivity index (χ3v) is 7.05. The Labute approximate surface area is 171 Å². The second-order valence-electron chi connectivity index (χ2n) is 9.04. The Balaban J connectivity index is 1.27. The topological polar surface area (TPSA) is 3.24 Å². The van der Waals surface area contributed by atoms with E-state index in [9.17, 15) is 0 Å². The van der Waals surface area contributed by atoms with Crippen LogP contribution in [0.15, 0.2) is 54.6 Å². The summed E-state index contributed by atoms with van der Waals surface area (Å²) in [5.41, 5.74) is 4.52. The maximum absolute atomic E-state index is 2.61. The molecule has 2 heterocycles. The van der Waals surface area contributed by atoms with E-state index >= 15 is 0 Å². The van der Waals surface area contributed by atoms with Crippen LogP contribution in [0.5, 0.6) is 0 Å². The van der Waals surface area contributed by atoms with Crippen molar-refractivity contribution < 1.29 is 4.48 Å². The number of nitrogens with zero attached hydrogens (tertiary/aromatic N) is 2. The second kappa shape index (κ2) is 9.71. The van der Waals surface area contributed by atoms with Crippen molar-refractivity contribution in [3.63, 3.8) is 0 Å². The van der Waals surface area contributed by atoms with Crippen molar-refractivity contribution in [1.82, 2.24) is 4.90 Å². The zero-order chi connectivity index (χ0) is 19.1. The van der Waals surface area contributed by atoms with Crippen LogP contribution in [-0.2, 0) is 19.3 Å². The predicted octanol–water partition coefficient (Wildman–Crippen LogP) is 4.72. The first kappa shape index (κ1) is 19.7. The lowest BCUT2D eigenvalue weighted by atomic mass is 10.1. The van der Waals surface area contributed by atoms with Crippen molar-refractivity contribution in [1.29, 1.82) is 0 Å². The molecule has 2 aromatic rings. The summed E-state index contributed by atoms with van der Waals surface area (Å²) in [6.45, 7) is 9.21. The second-order valence-corrected chi connectivity index (χ2v) is 9.04. The molecule has 2 saturated heterocycles. The summed E-state index contributed by atoms with van der Waals surface area (Å²) in [5.74, 6) is 0. The van der Waals surface area contributed by atoms with Gasteiger partial charge in [-0.05, 0) is 49.0 Å². The first-order chi connectivity index (χ1) is 13.8. The highest BCUT2D eigenvalue weighted by molar-refractivity contribution is 5.23. The van der Waals surface area contributed by atoms with E-state index in [1.807, 2.05) is 0 Å². The fraction of sp³-hybridized carbons (Fsp3) is 0.538. The van der Waals surface area contributed by atoms with Gasteiger partial charge in [-0.1, -0.05) is 54.6 Å². The van der Waals surface area contributed by atoms with E-state index in [2.05, 4.69) is 59.5 Å². The van der Waals surface area contributed by atoms with Crippen LogP contribution in [0, 0.1) is 0 Å². The molecule has 2 heteroatoms. The molecule has 2 aliphatic rings. The van der Waals surface area contributed by atoms with Crippen LogP contribution in [0.3, 0.4) is 0 Å². The molecule has 0 spiro atoms. The summed E-state index contributed by atoms with van der Waals surface area (Å²) in [6.07, 6.45) is 9.25. The molecule has 2 aromatic carbocycles. The third kappa shape index (κ3) is 5.46. The molecule has 0 saturated carbocycles. The van der Waals surface area contributed by atoms with Crippen molar-refractivity contribution >= 4 is 0 Å². The van der Waals surface area contributed by atoms with Crippen molar-refractivity contribution in [2.45, 2.75) is 44.9 Å². The lowest BCUT2D eigenvalue weighted by Crippen LogP contribution is -2.48. The summed E-state index contributed by atoms with van der Waals surface area (Å²) in [6, 6.07) is 20.6. The molecular weight excluding hydrogens is 340 g/mol. The van der Waals surface area contributed by atoms with E-state index in [1.165, 1.54) is 112 Å². The fourth-order valence-corrected chi connectivity index (χ4v) is 5.11. The minimum atomic E-state index is 1.21. The van der Waals surface area contributed by atoms with Gasteiger partial charge in [-0.15, -0.1) is 0 Å². The first-order valence-electron chi connectivity index (χ1n) is 11.5. The van der Waals surface area contributed by atoms with Gasteiger partial charge in [0.05, 0.1) is 26.2 Å². The number of likely N-dealkylation sites (tertiary alicyclic amines) is 2. The molecule has 0 aliphatic carbocycles. The lowest BCUT2D eigenvalue weighted by Gasteiger charge is -2.34. The molecule has 150 valence electrons. The highest BCUT2D eigenvalue weighted by Crippen LogP contribution is 2.22. The Hall–Kier alpha value is -1.64. The van der Waals surface area contributed by atoms with Gasteiger partial charge < -0.3 is 9.38 Å². The average Bonchev–Trinajstić information content (AvgIpc) is 3.44. The zero-order valence-corrected chi connectivity index (χ0v) is 17.5. The SMILES string of the molecule is c1ccc(CC[N+]2(CCc3ccc(CCN4CCCC4)cc3)CCCC2)cc1. The molecule has 28 heavy (non-hydrogen) atoms. The first-order valence-corrected chi connectivity index (χ1v) is 11.5. The van der Waals surface area contributed by atoms with Gasteiger partial charge in [-0.3, -0.25) is 0 Å². The van der Waals surface area contributed by atoms with Crippen molar-refractivity contribution in [2.24, 2.45) is 0 Å².